The molecule has 0 saturated carbocycles. The molecule has 0 aliphatic heterocycles. The van der Waals surface area contributed by atoms with E-state index in [9.17, 15) is 13.6 Å². The van der Waals surface area contributed by atoms with Crippen molar-refractivity contribution in [3.63, 3.8) is 0 Å². The van der Waals surface area contributed by atoms with Crippen LogP contribution in [0.1, 0.15) is 0 Å². The maximum atomic E-state index is 12.8. The van der Waals surface area contributed by atoms with Crippen molar-refractivity contribution in [2.45, 2.75) is 0 Å². The van der Waals surface area contributed by atoms with E-state index in [2.05, 4.69) is 11.2 Å². The van der Waals surface area contributed by atoms with Crippen molar-refractivity contribution < 1.29 is 13.6 Å². The van der Waals surface area contributed by atoms with Gasteiger partial charge in [0.05, 0.1) is 6.54 Å². The first-order valence-corrected chi connectivity index (χ1v) is 4.45. The highest BCUT2D eigenvalue weighted by Crippen LogP contribution is 2.13. The number of terminal acetylenes is 1. The minimum Gasteiger partial charge on any atom is -0.316 e. The van der Waals surface area contributed by atoms with Crippen LogP contribution in [0.3, 0.4) is 0 Å². The minimum absolute atomic E-state index is 0.134. The Balaban J connectivity index is 2.70. The van der Waals surface area contributed by atoms with Crippen LogP contribution in [0.25, 0.3) is 0 Å². The number of anilines is 1. The van der Waals surface area contributed by atoms with E-state index in [-0.39, 0.29) is 12.2 Å². The number of rotatable bonds is 2. The quantitative estimate of drug-likeness (QED) is 0.766. The van der Waals surface area contributed by atoms with Crippen LogP contribution in [0.5, 0.6) is 0 Å². The van der Waals surface area contributed by atoms with E-state index in [1.54, 1.807) is 0 Å². The standard InChI is InChI=1S/C11H10F2N2O/c1-3-6-15(2)11(16)14-8-4-5-9(12)10(13)7-8/h1,4-5,7H,6H2,2H3,(H,14,16). The van der Waals surface area contributed by atoms with Crippen molar-refractivity contribution in [3.8, 4) is 12.3 Å². The summed E-state index contributed by atoms with van der Waals surface area (Å²) >= 11 is 0. The van der Waals surface area contributed by atoms with Crippen LogP contribution in [-0.4, -0.2) is 24.5 Å². The second-order valence-corrected chi connectivity index (χ2v) is 3.12. The molecule has 0 heterocycles. The summed E-state index contributed by atoms with van der Waals surface area (Å²) < 4.78 is 25.4. The predicted molar refractivity (Wildman–Crippen MR) is 56.8 cm³/mol. The van der Waals surface area contributed by atoms with Crippen molar-refractivity contribution in [1.82, 2.24) is 4.90 Å². The molecule has 0 aliphatic carbocycles. The average Bonchev–Trinajstić information content (AvgIpc) is 2.24. The van der Waals surface area contributed by atoms with Gasteiger partial charge in [-0.15, -0.1) is 6.42 Å². The first kappa shape index (κ1) is 12.0. The fourth-order valence-corrected chi connectivity index (χ4v) is 1.00. The third-order valence-corrected chi connectivity index (χ3v) is 1.85. The van der Waals surface area contributed by atoms with Crippen molar-refractivity contribution in [2.24, 2.45) is 0 Å². The molecule has 1 N–H and O–H groups in total. The summed E-state index contributed by atoms with van der Waals surface area (Å²) in [6.45, 7) is 0.134. The summed E-state index contributed by atoms with van der Waals surface area (Å²) in [5, 5.41) is 2.38. The molecule has 1 rings (SSSR count). The predicted octanol–water partition coefficient (Wildman–Crippen LogP) is 2.06. The topological polar surface area (TPSA) is 32.3 Å². The molecule has 16 heavy (non-hydrogen) atoms. The Labute approximate surface area is 92.1 Å². The molecule has 3 nitrogen and oxygen atoms in total. The third-order valence-electron chi connectivity index (χ3n) is 1.85. The van der Waals surface area contributed by atoms with Gasteiger partial charge < -0.3 is 10.2 Å². The molecule has 1 aromatic carbocycles. The van der Waals surface area contributed by atoms with Gasteiger partial charge in [-0.25, -0.2) is 13.6 Å². The number of benzene rings is 1. The number of hydrogen-bond donors (Lipinski definition) is 1. The minimum atomic E-state index is -1.02. The average molecular weight is 224 g/mol. The van der Waals surface area contributed by atoms with Crippen LogP contribution in [0.15, 0.2) is 18.2 Å². The second-order valence-electron chi connectivity index (χ2n) is 3.12. The van der Waals surface area contributed by atoms with Gasteiger partial charge in [0.1, 0.15) is 0 Å². The first-order valence-electron chi connectivity index (χ1n) is 4.45. The normalized spacial score (nSPS) is 9.38. The molecular formula is C11H10F2N2O. The van der Waals surface area contributed by atoms with Gasteiger partial charge in [-0.2, -0.15) is 0 Å². The van der Waals surface area contributed by atoms with Gasteiger partial charge in [0, 0.05) is 18.8 Å². The van der Waals surface area contributed by atoms with Gasteiger partial charge >= 0.3 is 6.03 Å². The number of carbonyl (C=O) groups is 1. The van der Waals surface area contributed by atoms with E-state index in [0.29, 0.717) is 0 Å². The number of carbonyl (C=O) groups excluding carboxylic acids is 1. The van der Waals surface area contributed by atoms with Gasteiger partial charge in [-0.1, -0.05) is 5.92 Å². The lowest BCUT2D eigenvalue weighted by Gasteiger charge is -2.14. The maximum Gasteiger partial charge on any atom is 0.322 e. The maximum absolute atomic E-state index is 12.8. The van der Waals surface area contributed by atoms with Crippen LogP contribution in [0, 0.1) is 24.0 Å². The summed E-state index contributed by atoms with van der Waals surface area (Å²) in [4.78, 5) is 12.6. The summed E-state index contributed by atoms with van der Waals surface area (Å²) in [5.41, 5.74) is 0.174. The number of hydrogen-bond acceptors (Lipinski definition) is 1. The van der Waals surface area contributed by atoms with Crippen molar-refractivity contribution in [3.05, 3.63) is 29.8 Å². The summed E-state index contributed by atoms with van der Waals surface area (Å²) in [6.07, 6.45) is 5.02. The molecule has 0 spiro atoms. The van der Waals surface area contributed by atoms with E-state index in [0.717, 1.165) is 12.1 Å². The highest BCUT2D eigenvalue weighted by atomic mass is 19.2. The molecule has 84 valence electrons. The molecule has 0 saturated heterocycles. The van der Waals surface area contributed by atoms with Gasteiger partial charge in [-0.3, -0.25) is 0 Å². The highest BCUT2D eigenvalue weighted by molar-refractivity contribution is 5.89. The third kappa shape index (κ3) is 2.95. The van der Waals surface area contributed by atoms with E-state index in [1.165, 1.54) is 18.0 Å². The molecule has 0 bridgehead atoms. The second kappa shape index (κ2) is 5.12. The summed E-state index contributed by atoms with van der Waals surface area (Å²) in [5.74, 6) is 0.306. The molecule has 0 fully saturated rings. The molecule has 2 amide bonds. The molecule has 0 aromatic heterocycles. The summed E-state index contributed by atoms with van der Waals surface area (Å²) in [6, 6.07) is 2.62. The van der Waals surface area contributed by atoms with Crippen LogP contribution in [-0.2, 0) is 0 Å². The molecule has 0 unspecified atom stereocenters. The fraction of sp³-hybridized carbons (Fsp3) is 0.182. The zero-order valence-electron chi connectivity index (χ0n) is 8.63. The van der Waals surface area contributed by atoms with E-state index in [1.807, 2.05) is 0 Å². The Morgan fingerprint density at radius 3 is 2.75 bits per heavy atom. The largest absolute Gasteiger partial charge is 0.322 e. The monoisotopic (exact) mass is 224 g/mol. The zero-order chi connectivity index (χ0) is 12.1. The van der Waals surface area contributed by atoms with Crippen molar-refractivity contribution in [1.29, 1.82) is 0 Å². The Kier molecular flexibility index (Phi) is 3.84. The van der Waals surface area contributed by atoms with Crippen LogP contribution in [0.2, 0.25) is 0 Å². The first-order chi connectivity index (χ1) is 7.54. The van der Waals surface area contributed by atoms with Crippen LogP contribution < -0.4 is 5.32 Å². The zero-order valence-corrected chi connectivity index (χ0v) is 8.63. The molecule has 0 radical (unpaired) electrons. The smallest absolute Gasteiger partial charge is 0.316 e. The van der Waals surface area contributed by atoms with Gasteiger partial charge in [-0.05, 0) is 12.1 Å². The molecule has 0 aliphatic rings. The Bertz CT molecular complexity index is 440. The molecular weight excluding hydrogens is 214 g/mol. The lowest BCUT2D eigenvalue weighted by Crippen LogP contribution is -2.31. The van der Waals surface area contributed by atoms with Crippen LogP contribution >= 0.6 is 0 Å². The Hall–Kier alpha value is -2.09. The van der Waals surface area contributed by atoms with Gasteiger partial charge in [0.2, 0.25) is 0 Å². The van der Waals surface area contributed by atoms with E-state index >= 15 is 0 Å². The molecule has 0 atom stereocenters. The molecule has 1 aromatic rings. The van der Waals surface area contributed by atoms with Crippen molar-refractivity contribution >= 4 is 11.7 Å². The number of nitrogens with one attached hydrogen (secondary N) is 1. The van der Waals surface area contributed by atoms with Crippen LogP contribution in [0.4, 0.5) is 19.3 Å². The van der Waals surface area contributed by atoms with Gasteiger partial charge in [0.25, 0.3) is 0 Å². The van der Waals surface area contributed by atoms with E-state index in [4.69, 9.17) is 6.42 Å². The number of urea groups is 1. The number of halogens is 2. The Morgan fingerprint density at radius 2 is 2.19 bits per heavy atom. The number of nitrogens with zero attached hydrogens (tertiary/aromatic N) is 1. The SMILES string of the molecule is C#CCN(C)C(=O)Nc1ccc(F)c(F)c1. The lowest BCUT2D eigenvalue weighted by molar-refractivity contribution is 0.227. The lowest BCUT2D eigenvalue weighted by atomic mass is 10.3. The highest BCUT2D eigenvalue weighted by Gasteiger charge is 2.09. The van der Waals surface area contributed by atoms with Crippen molar-refractivity contribution in [2.75, 3.05) is 18.9 Å². The number of amides is 2. The Morgan fingerprint density at radius 1 is 1.50 bits per heavy atom. The molecule has 5 heteroatoms. The summed E-state index contributed by atoms with van der Waals surface area (Å²) in [7, 11) is 1.50. The van der Waals surface area contributed by atoms with E-state index < -0.39 is 17.7 Å². The van der Waals surface area contributed by atoms with Gasteiger partial charge in [0.15, 0.2) is 11.6 Å². The fourth-order valence-electron chi connectivity index (χ4n) is 1.00.